The largest absolute Gasteiger partial charge is 0.330 e. The Morgan fingerprint density at radius 3 is 2.56 bits per heavy atom. The molecule has 0 unspecified atom stereocenters. The van der Waals surface area contributed by atoms with Gasteiger partial charge in [-0.05, 0) is 37.6 Å². The zero-order chi connectivity index (χ0) is 12.0. The molecule has 0 aromatic heterocycles. The van der Waals surface area contributed by atoms with Crippen molar-refractivity contribution < 1.29 is 8.42 Å². The molecule has 0 saturated heterocycles. The number of hydrogen-bond acceptors (Lipinski definition) is 3. The van der Waals surface area contributed by atoms with E-state index in [1.54, 1.807) is 18.2 Å². The summed E-state index contributed by atoms with van der Waals surface area (Å²) in [6.45, 7) is 0.608. The molecule has 2 N–H and O–H groups in total. The third-order valence-corrected chi connectivity index (χ3v) is 4.31. The topological polar surface area (TPSA) is 60.2 Å². The van der Waals surface area contributed by atoms with Crippen molar-refractivity contribution in [3.05, 3.63) is 29.3 Å². The molecule has 0 radical (unpaired) electrons. The maximum atomic E-state index is 11.9. The van der Waals surface area contributed by atoms with Gasteiger partial charge in [0.15, 0.2) is 9.84 Å². The second-order valence-corrected chi connectivity index (χ2v) is 6.17. The van der Waals surface area contributed by atoms with E-state index in [1.165, 1.54) is 6.07 Å². The van der Waals surface area contributed by atoms with Crippen LogP contribution >= 0.6 is 11.6 Å². The third-order valence-electron chi connectivity index (χ3n) is 2.27. The van der Waals surface area contributed by atoms with Crippen molar-refractivity contribution in [3.8, 4) is 0 Å². The van der Waals surface area contributed by atoms with E-state index >= 15 is 0 Å². The summed E-state index contributed by atoms with van der Waals surface area (Å²) in [5.74, 6) is 0.160. The molecule has 0 aliphatic heterocycles. The lowest BCUT2D eigenvalue weighted by Gasteiger charge is -2.04. The van der Waals surface area contributed by atoms with Crippen LogP contribution in [0.4, 0.5) is 0 Å². The number of benzene rings is 1. The lowest BCUT2D eigenvalue weighted by molar-refractivity contribution is 0.590. The summed E-state index contributed by atoms with van der Waals surface area (Å²) in [5, 5.41) is 0.447. The molecule has 0 atom stereocenters. The van der Waals surface area contributed by atoms with Crippen molar-refractivity contribution in [2.24, 2.45) is 5.73 Å². The average Bonchev–Trinajstić information content (AvgIpc) is 2.24. The number of rotatable bonds is 6. The van der Waals surface area contributed by atoms with E-state index in [2.05, 4.69) is 0 Å². The SMILES string of the molecule is NCCCCCS(=O)(=O)c1cccc(Cl)c1. The van der Waals surface area contributed by atoms with E-state index in [4.69, 9.17) is 17.3 Å². The third kappa shape index (κ3) is 4.12. The summed E-state index contributed by atoms with van der Waals surface area (Å²) < 4.78 is 23.7. The highest BCUT2D eigenvalue weighted by Crippen LogP contribution is 2.17. The maximum Gasteiger partial charge on any atom is 0.178 e. The van der Waals surface area contributed by atoms with Gasteiger partial charge in [0.2, 0.25) is 0 Å². The summed E-state index contributed by atoms with van der Waals surface area (Å²) in [4.78, 5) is 0.299. The van der Waals surface area contributed by atoms with Crippen LogP contribution in [0.5, 0.6) is 0 Å². The van der Waals surface area contributed by atoms with Gasteiger partial charge in [0.05, 0.1) is 10.6 Å². The highest BCUT2D eigenvalue weighted by atomic mass is 35.5. The molecule has 0 amide bonds. The molecular formula is C11H16ClNO2S. The Morgan fingerprint density at radius 2 is 1.94 bits per heavy atom. The number of unbranched alkanes of at least 4 members (excludes halogenated alkanes) is 2. The van der Waals surface area contributed by atoms with Gasteiger partial charge in [-0.2, -0.15) is 0 Å². The van der Waals surface area contributed by atoms with Gasteiger partial charge in [-0.3, -0.25) is 0 Å². The number of hydrogen-bond donors (Lipinski definition) is 1. The van der Waals surface area contributed by atoms with Gasteiger partial charge in [-0.25, -0.2) is 8.42 Å². The average molecular weight is 262 g/mol. The molecule has 0 saturated carbocycles. The summed E-state index contributed by atoms with van der Waals surface area (Å²) in [6.07, 6.45) is 2.35. The van der Waals surface area contributed by atoms with Crippen molar-refractivity contribution in [2.45, 2.75) is 24.2 Å². The minimum atomic E-state index is -3.19. The Hall–Kier alpha value is -0.580. The van der Waals surface area contributed by atoms with E-state index < -0.39 is 9.84 Å². The fourth-order valence-corrected chi connectivity index (χ4v) is 3.06. The first-order valence-corrected chi connectivity index (χ1v) is 7.27. The number of halogens is 1. The lowest BCUT2D eigenvalue weighted by atomic mass is 10.2. The molecule has 5 heteroatoms. The number of nitrogens with two attached hydrogens (primary N) is 1. The molecule has 90 valence electrons. The van der Waals surface area contributed by atoms with Crippen LogP contribution in [0.15, 0.2) is 29.2 Å². The fraction of sp³-hybridized carbons (Fsp3) is 0.455. The summed E-state index contributed by atoms with van der Waals surface area (Å²) in [7, 11) is -3.19. The van der Waals surface area contributed by atoms with E-state index in [0.29, 0.717) is 22.9 Å². The normalized spacial score (nSPS) is 11.6. The fourth-order valence-electron chi connectivity index (χ4n) is 1.39. The first-order chi connectivity index (χ1) is 7.56. The predicted octanol–water partition coefficient (Wildman–Crippen LogP) is 2.24. The Labute approximate surface area is 102 Å². The molecule has 1 aromatic rings. The predicted molar refractivity (Wildman–Crippen MR) is 66.4 cm³/mol. The van der Waals surface area contributed by atoms with Gasteiger partial charge in [-0.15, -0.1) is 0 Å². The summed E-state index contributed by atoms with van der Waals surface area (Å²) in [6, 6.07) is 6.37. The van der Waals surface area contributed by atoms with Gasteiger partial charge < -0.3 is 5.73 Å². The van der Waals surface area contributed by atoms with Crippen LogP contribution in [-0.2, 0) is 9.84 Å². The van der Waals surface area contributed by atoms with Crippen LogP contribution in [0.1, 0.15) is 19.3 Å². The van der Waals surface area contributed by atoms with Crippen LogP contribution in [0.2, 0.25) is 5.02 Å². The minimum absolute atomic E-state index is 0.160. The van der Waals surface area contributed by atoms with Gasteiger partial charge in [0.25, 0.3) is 0 Å². The Kier molecular flexibility index (Phi) is 5.25. The van der Waals surface area contributed by atoms with Crippen LogP contribution in [0, 0.1) is 0 Å². The molecule has 3 nitrogen and oxygen atoms in total. The van der Waals surface area contributed by atoms with Crippen molar-refractivity contribution >= 4 is 21.4 Å². The molecule has 0 heterocycles. The Bertz CT molecular complexity index is 431. The van der Waals surface area contributed by atoms with Gasteiger partial charge in [-0.1, -0.05) is 24.1 Å². The molecular weight excluding hydrogens is 246 g/mol. The molecule has 1 rings (SSSR count). The lowest BCUT2D eigenvalue weighted by Crippen LogP contribution is -2.07. The zero-order valence-electron chi connectivity index (χ0n) is 9.02. The summed E-state index contributed by atoms with van der Waals surface area (Å²) >= 11 is 5.75. The minimum Gasteiger partial charge on any atom is -0.330 e. The van der Waals surface area contributed by atoms with E-state index in [-0.39, 0.29) is 5.75 Å². The highest BCUT2D eigenvalue weighted by Gasteiger charge is 2.13. The Morgan fingerprint density at radius 1 is 1.19 bits per heavy atom. The van der Waals surface area contributed by atoms with Crippen LogP contribution < -0.4 is 5.73 Å². The smallest absolute Gasteiger partial charge is 0.178 e. The van der Waals surface area contributed by atoms with Crippen molar-refractivity contribution in [3.63, 3.8) is 0 Å². The number of sulfone groups is 1. The maximum absolute atomic E-state index is 11.9. The van der Waals surface area contributed by atoms with E-state index in [0.717, 1.165) is 12.8 Å². The molecule has 0 spiro atoms. The standard InChI is InChI=1S/C11H16ClNO2S/c12-10-5-4-6-11(9-10)16(14,15)8-3-1-2-7-13/h4-6,9H,1-3,7-8,13H2. The summed E-state index contributed by atoms with van der Waals surface area (Å²) in [5.41, 5.74) is 5.34. The second kappa shape index (κ2) is 6.23. The van der Waals surface area contributed by atoms with Crippen molar-refractivity contribution in [1.29, 1.82) is 0 Å². The van der Waals surface area contributed by atoms with Gasteiger partial charge in [0.1, 0.15) is 0 Å². The van der Waals surface area contributed by atoms with Crippen LogP contribution in [0.3, 0.4) is 0 Å². The van der Waals surface area contributed by atoms with E-state index in [1.807, 2.05) is 0 Å². The molecule has 0 bridgehead atoms. The molecule has 0 fully saturated rings. The van der Waals surface area contributed by atoms with Crippen molar-refractivity contribution in [1.82, 2.24) is 0 Å². The first kappa shape index (κ1) is 13.5. The quantitative estimate of drug-likeness (QED) is 0.799. The zero-order valence-corrected chi connectivity index (χ0v) is 10.6. The van der Waals surface area contributed by atoms with Gasteiger partial charge in [0, 0.05) is 5.02 Å². The molecule has 0 aliphatic rings. The Balaban J connectivity index is 2.64. The first-order valence-electron chi connectivity index (χ1n) is 5.24. The highest BCUT2D eigenvalue weighted by molar-refractivity contribution is 7.91. The molecule has 1 aromatic carbocycles. The molecule has 16 heavy (non-hydrogen) atoms. The van der Waals surface area contributed by atoms with Gasteiger partial charge >= 0.3 is 0 Å². The van der Waals surface area contributed by atoms with Crippen LogP contribution in [-0.4, -0.2) is 20.7 Å². The molecule has 0 aliphatic carbocycles. The van der Waals surface area contributed by atoms with Crippen LogP contribution in [0.25, 0.3) is 0 Å². The second-order valence-electron chi connectivity index (χ2n) is 3.63. The van der Waals surface area contributed by atoms with E-state index in [9.17, 15) is 8.42 Å². The van der Waals surface area contributed by atoms with Crippen molar-refractivity contribution in [2.75, 3.05) is 12.3 Å². The monoisotopic (exact) mass is 261 g/mol.